The highest BCUT2D eigenvalue weighted by molar-refractivity contribution is 9.12. The van der Waals surface area contributed by atoms with Crippen molar-refractivity contribution in [1.29, 1.82) is 0 Å². The van der Waals surface area contributed by atoms with Crippen LogP contribution in [0.15, 0.2) is 71.2 Å². The smallest absolute Gasteiger partial charge is 0.407 e. The molecule has 1 amide bonds. The van der Waals surface area contributed by atoms with E-state index in [0.29, 0.717) is 17.5 Å². The molecule has 1 spiro atoms. The molecule has 0 bridgehead atoms. The molecular weight excluding hydrogens is 446 g/mol. The number of alkyl carbamates (subject to hydrolysis) is 1. The molecule has 1 aliphatic heterocycles. The molecule has 2 atom stereocenters. The zero-order valence-corrected chi connectivity index (χ0v) is 17.7. The van der Waals surface area contributed by atoms with Gasteiger partial charge in [-0.2, -0.15) is 0 Å². The van der Waals surface area contributed by atoms with Gasteiger partial charge < -0.3 is 14.8 Å². The average molecular weight is 466 g/mol. The summed E-state index contributed by atoms with van der Waals surface area (Å²) in [5.74, 6) is -0.0577. The fraction of sp³-hybridized carbons (Fsp3) is 0.250. The monoisotopic (exact) mass is 465 g/mol. The molecule has 6 heteroatoms. The van der Waals surface area contributed by atoms with Crippen molar-refractivity contribution in [2.75, 3.05) is 13.2 Å². The van der Waals surface area contributed by atoms with Crippen LogP contribution in [0.2, 0.25) is 0 Å². The van der Waals surface area contributed by atoms with E-state index in [4.69, 9.17) is 9.47 Å². The molecule has 30 heavy (non-hydrogen) atoms. The van der Waals surface area contributed by atoms with Gasteiger partial charge in [-0.3, -0.25) is 4.79 Å². The molecule has 2 aromatic rings. The maximum absolute atomic E-state index is 12.5. The van der Waals surface area contributed by atoms with Crippen LogP contribution < -0.4 is 5.32 Å². The van der Waals surface area contributed by atoms with Crippen LogP contribution >= 0.6 is 15.9 Å². The highest BCUT2D eigenvalue weighted by atomic mass is 79.9. The Morgan fingerprint density at radius 2 is 1.80 bits per heavy atom. The molecule has 1 N–H and O–H groups in total. The lowest BCUT2D eigenvalue weighted by Gasteiger charge is -2.23. The Morgan fingerprint density at radius 3 is 2.47 bits per heavy atom. The second kappa shape index (κ2) is 7.52. The van der Waals surface area contributed by atoms with E-state index in [-0.39, 0.29) is 24.3 Å². The molecule has 3 aliphatic rings. The first-order valence-electron chi connectivity index (χ1n) is 9.92. The van der Waals surface area contributed by atoms with Crippen LogP contribution in [-0.2, 0) is 14.3 Å². The largest absolute Gasteiger partial charge is 0.449 e. The zero-order chi connectivity index (χ0) is 20.7. The molecule has 0 aromatic heterocycles. The minimum Gasteiger partial charge on any atom is -0.449 e. The third-order valence-electron chi connectivity index (χ3n) is 5.91. The summed E-state index contributed by atoms with van der Waals surface area (Å²) in [6, 6.07) is 16.3. The van der Waals surface area contributed by atoms with Gasteiger partial charge in [-0.15, -0.1) is 0 Å². The van der Waals surface area contributed by atoms with E-state index in [1.165, 1.54) is 28.3 Å². The second-order valence-electron chi connectivity index (χ2n) is 7.83. The normalized spacial score (nSPS) is 24.5. The van der Waals surface area contributed by atoms with Gasteiger partial charge in [0, 0.05) is 12.3 Å². The van der Waals surface area contributed by atoms with E-state index >= 15 is 0 Å². The van der Waals surface area contributed by atoms with Crippen molar-refractivity contribution in [3.05, 3.63) is 82.4 Å². The minimum atomic E-state index is -0.659. The number of carbonyl (C=O) groups excluding carboxylic acids is 2. The number of allylic oxidation sites excluding steroid dienone is 2. The molecule has 2 aromatic carbocycles. The molecule has 152 valence electrons. The first kappa shape index (κ1) is 19.3. The van der Waals surface area contributed by atoms with Gasteiger partial charge in [0.15, 0.2) is 5.78 Å². The Balaban J connectivity index is 1.23. The number of carbonyl (C=O) groups is 2. The van der Waals surface area contributed by atoms with E-state index in [2.05, 4.69) is 45.5 Å². The number of halogens is 1. The summed E-state index contributed by atoms with van der Waals surface area (Å²) in [7, 11) is 0. The van der Waals surface area contributed by atoms with E-state index in [1.807, 2.05) is 24.3 Å². The van der Waals surface area contributed by atoms with Gasteiger partial charge >= 0.3 is 6.09 Å². The standard InChI is InChI=1S/C24H20BrNO4/c25-21-12-24(10-9-22(21)27)11-15(13-30-24)26-23(28)29-14-20-18-7-3-1-5-16(18)17-6-2-4-8-19(17)20/h1-10,12,15,20H,11,13-14H2,(H,26,28)/t15-,24-/m0/s1. The number of hydrogen-bond acceptors (Lipinski definition) is 4. The van der Waals surface area contributed by atoms with Crippen LogP contribution in [0, 0.1) is 0 Å². The predicted octanol–water partition coefficient (Wildman–Crippen LogP) is 4.47. The molecule has 5 nitrogen and oxygen atoms in total. The van der Waals surface area contributed by atoms with Crippen LogP contribution in [-0.4, -0.2) is 36.7 Å². The summed E-state index contributed by atoms with van der Waals surface area (Å²) < 4.78 is 12.0. The lowest BCUT2D eigenvalue weighted by Crippen LogP contribution is -2.37. The summed E-state index contributed by atoms with van der Waals surface area (Å²) in [6.45, 7) is 0.637. The molecule has 0 saturated carbocycles. The number of fused-ring (bicyclic) bond motifs is 3. The summed E-state index contributed by atoms with van der Waals surface area (Å²) in [5.41, 5.74) is 4.10. The van der Waals surface area contributed by atoms with Gasteiger partial charge in [0.05, 0.1) is 17.1 Å². The van der Waals surface area contributed by atoms with Crippen LogP contribution in [0.4, 0.5) is 4.79 Å². The molecule has 1 saturated heterocycles. The summed E-state index contributed by atoms with van der Waals surface area (Å²) in [5, 5.41) is 2.90. The molecule has 0 radical (unpaired) electrons. The van der Waals surface area contributed by atoms with Gasteiger partial charge in [0.25, 0.3) is 0 Å². The van der Waals surface area contributed by atoms with Gasteiger partial charge in [-0.25, -0.2) is 4.79 Å². The van der Waals surface area contributed by atoms with Crippen LogP contribution in [0.25, 0.3) is 11.1 Å². The third kappa shape index (κ3) is 3.40. The fourth-order valence-electron chi connectivity index (χ4n) is 4.50. The Bertz CT molecular complexity index is 1050. The van der Waals surface area contributed by atoms with Crippen LogP contribution in [0.5, 0.6) is 0 Å². The summed E-state index contributed by atoms with van der Waals surface area (Å²) in [4.78, 5) is 24.1. The summed E-state index contributed by atoms with van der Waals surface area (Å²) in [6.07, 6.45) is 5.10. The predicted molar refractivity (Wildman–Crippen MR) is 116 cm³/mol. The molecule has 1 heterocycles. The van der Waals surface area contributed by atoms with Crippen molar-refractivity contribution in [3.63, 3.8) is 0 Å². The van der Waals surface area contributed by atoms with Crippen molar-refractivity contribution in [1.82, 2.24) is 5.32 Å². The van der Waals surface area contributed by atoms with Crippen LogP contribution in [0.1, 0.15) is 23.5 Å². The third-order valence-corrected chi connectivity index (χ3v) is 6.53. The summed E-state index contributed by atoms with van der Waals surface area (Å²) >= 11 is 3.27. The minimum absolute atomic E-state index is 0.0282. The molecule has 5 rings (SSSR count). The van der Waals surface area contributed by atoms with E-state index in [0.717, 1.165) is 0 Å². The number of benzene rings is 2. The Kier molecular flexibility index (Phi) is 4.83. The van der Waals surface area contributed by atoms with Crippen molar-refractivity contribution in [2.24, 2.45) is 0 Å². The van der Waals surface area contributed by atoms with Crippen molar-refractivity contribution in [2.45, 2.75) is 24.0 Å². The van der Waals surface area contributed by atoms with Gasteiger partial charge in [0.2, 0.25) is 0 Å². The number of amides is 1. The van der Waals surface area contributed by atoms with Gasteiger partial charge in [0.1, 0.15) is 12.2 Å². The first-order chi connectivity index (χ1) is 14.5. The molecule has 2 aliphatic carbocycles. The van der Waals surface area contributed by atoms with Crippen molar-refractivity contribution >= 4 is 27.8 Å². The molecule has 0 unspecified atom stereocenters. The van der Waals surface area contributed by atoms with Crippen LogP contribution in [0.3, 0.4) is 0 Å². The fourth-order valence-corrected chi connectivity index (χ4v) is 5.02. The number of hydrogen-bond donors (Lipinski definition) is 1. The highest BCUT2D eigenvalue weighted by Gasteiger charge is 2.40. The Hall–Kier alpha value is -2.70. The van der Waals surface area contributed by atoms with E-state index < -0.39 is 11.7 Å². The maximum atomic E-state index is 12.5. The lowest BCUT2D eigenvalue weighted by atomic mass is 9.93. The quantitative estimate of drug-likeness (QED) is 0.725. The number of ether oxygens (including phenoxy) is 2. The Morgan fingerprint density at radius 1 is 1.13 bits per heavy atom. The zero-order valence-electron chi connectivity index (χ0n) is 16.1. The highest BCUT2D eigenvalue weighted by Crippen LogP contribution is 2.44. The number of nitrogens with one attached hydrogen (secondary N) is 1. The molecule has 1 fully saturated rings. The first-order valence-corrected chi connectivity index (χ1v) is 10.7. The van der Waals surface area contributed by atoms with E-state index in [9.17, 15) is 9.59 Å². The van der Waals surface area contributed by atoms with Crippen molar-refractivity contribution < 1.29 is 19.1 Å². The lowest BCUT2D eigenvalue weighted by molar-refractivity contribution is -0.111. The SMILES string of the molecule is O=C(N[C@@H]1CO[C@@]2(C=CC(=O)C(Br)=C2)C1)OCC1c2ccccc2-c2ccccc21. The number of rotatable bonds is 3. The number of ketones is 1. The second-order valence-corrected chi connectivity index (χ2v) is 8.68. The average Bonchev–Trinajstić information content (AvgIpc) is 3.28. The van der Waals surface area contributed by atoms with E-state index in [1.54, 1.807) is 12.2 Å². The molecular formula is C24H20BrNO4. The van der Waals surface area contributed by atoms with Gasteiger partial charge in [-0.1, -0.05) is 48.5 Å². The van der Waals surface area contributed by atoms with Gasteiger partial charge in [-0.05, 0) is 56.4 Å². The maximum Gasteiger partial charge on any atom is 0.407 e. The topological polar surface area (TPSA) is 64.6 Å². The Labute approximate surface area is 182 Å². The van der Waals surface area contributed by atoms with Crippen molar-refractivity contribution in [3.8, 4) is 11.1 Å².